The van der Waals surface area contributed by atoms with Crippen LogP contribution in [-0.4, -0.2) is 113 Å². The number of imide groups is 1. The van der Waals surface area contributed by atoms with Gasteiger partial charge in [0.2, 0.25) is 23.6 Å². The lowest BCUT2D eigenvalue weighted by atomic mass is 9.97. The van der Waals surface area contributed by atoms with E-state index in [4.69, 9.17) is 14.2 Å². The molecule has 5 aromatic carbocycles. The topological polar surface area (TPSA) is 252 Å². The van der Waals surface area contributed by atoms with Gasteiger partial charge in [0.25, 0.3) is 21.9 Å². The number of ketones is 2. The average molecular weight is 1210 g/mol. The summed E-state index contributed by atoms with van der Waals surface area (Å²) in [5.41, 5.74) is 7.66. The van der Waals surface area contributed by atoms with Gasteiger partial charge in [-0.1, -0.05) is 43.3 Å². The smallest absolute Gasteiger partial charge is 0.270 e. The molecule has 86 heavy (non-hydrogen) atoms. The van der Waals surface area contributed by atoms with Crippen LogP contribution < -0.4 is 34.6 Å². The number of aryl methyl sites for hydroxylation is 2. The number of carbonyl (C=O) groups is 8. The number of ether oxygens (including phenoxy) is 3. The molecule has 5 aliphatic heterocycles. The van der Waals surface area contributed by atoms with Gasteiger partial charge in [-0.25, -0.2) is 0 Å². The monoisotopic (exact) mass is 1210 g/mol. The summed E-state index contributed by atoms with van der Waals surface area (Å²) in [4.78, 5) is 111. The molecule has 3 N–H and O–H groups in total. The van der Waals surface area contributed by atoms with Crippen molar-refractivity contribution in [1.29, 1.82) is 0 Å². The van der Waals surface area contributed by atoms with Gasteiger partial charge >= 0.3 is 0 Å². The highest BCUT2D eigenvalue weighted by molar-refractivity contribution is 8.00. The molecule has 5 heterocycles. The molecule has 6 amide bonds. The van der Waals surface area contributed by atoms with E-state index in [1.165, 1.54) is 28.7 Å². The third-order valence-electron chi connectivity index (χ3n) is 17.1. The normalized spacial score (nSPS) is 19.3. The van der Waals surface area contributed by atoms with Crippen molar-refractivity contribution in [2.75, 3.05) is 35.0 Å². The molecule has 10 rings (SSSR count). The van der Waals surface area contributed by atoms with E-state index in [9.17, 15) is 51.3 Å². The predicted octanol–water partition coefficient (Wildman–Crippen LogP) is 8.50. The number of anilines is 3. The van der Waals surface area contributed by atoms with Gasteiger partial charge in [0, 0.05) is 78.8 Å². The highest BCUT2D eigenvalue weighted by atomic mass is 32.2. The lowest BCUT2D eigenvalue weighted by molar-refractivity contribution is -0.138. The van der Waals surface area contributed by atoms with Gasteiger partial charge in [0.15, 0.2) is 17.3 Å². The van der Waals surface area contributed by atoms with Gasteiger partial charge in [0.05, 0.1) is 24.4 Å². The first-order valence-corrected chi connectivity index (χ1v) is 32.0. The lowest BCUT2D eigenvalue weighted by Gasteiger charge is -2.27. The van der Waals surface area contributed by atoms with Gasteiger partial charge < -0.3 is 34.6 Å². The fraction of sp³-hybridized carbons (Fsp3) is 0.415. The Labute approximate surface area is 504 Å². The van der Waals surface area contributed by atoms with E-state index in [1.807, 2.05) is 47.4 Å². The van der Waals surface area contributed by atoms with Gasteiger partial charge in [-0.3, -0.25) is 47.8 Å². The molecule has 452 valence electrons. The zero-order chi connectivity index (χ0) is 61.1. The van der Waals surface area contributed by atoms with E-state index < -0.39 is 39.3 Å². The van der Waals surface area contributed by atoms with Crippen LogP contribution in [0.3, 0.4) is 0 Å². The van der Waals surface area contributed by atoms with E-state index in [0.29, 0.717) is 87.7 Å². The molecule has 19 nitrogen and oxygen atoms in total. The lowest BCUT2D eigenvalue weighted by Crippen LogP contribution is -2.47. The van der Waals surface area contributed by atoms with Crippen molar-refractivity contribution in [2.45, 2.75) is 146 Å². The minimum atomic E-state index is -4.64. The Morgan fingerprint density at radius 3 is 2.03 bits per heavy atom. The third-order valence-corrected chi connectivity index (χ3v) is 19.3. The van der Waals surface area contributed by atoms with Crippen LogP contribution in [0.15, 0.2) is 91.0 Å². The third kappa shape index (κ3) is 13.2. The van der Waals surface area contributed by atoms with Crippen molar-refractivity contribution >= 4 is 86.0 Å². The number of amides is 6. The largest absolute Gasteiger partial charge is 0.493 e. The molecule has 0 bridgehead atoms. The fourth-order valence-corrected chi connectivity index (χ4v) is 14.1. The van der Waals surface area contributed by atoms with Crippen LogP contribution in [0.2, 0.25) is 0 Å². The second-order valence-corrected chi connectivity index (χ2v) is 25.8. The summed E-state index contributed by atoms with van der Waals surface area (Å²) in [6, 6.07) is 25.6. The quantitative estimate of drug-likeness (QED) is 0.0297. The molecule has 0 radical (unpaired) electrons. The number of hydrogen-bond acceptors (Lipinski definition) is 14. The molecule has 0 aliphatic carbocycles. The van der Waals surface area contributed by atoms with E-state index in [0.717, 1.165) is 35.2 Å². The van der Waals surface area contributed by atoms with Crippen molar-refractivity contribution in [1.82, 2.24) is 10.2 Å². The number of thioether (sulfide) groups is 1. The number of benzene rings is 5. The summed E-state index contributed by atoms with van der Waals surface area (Å²) in [5.74, 6) is -1.86. The van der Waals surface area contributed by atoms with Gasteiger partial charge in [0.1, 0.15) is 30.0 Å². The zero-order valence-corrected chi connectivity index (χ0v) is 50.5. The number of methoxy groups -OCH3 is 1. The average Bonchev–Trinajstić information content (AvgIpc) is 1.66. The maximum Gasteiger partial charge on any atom is 0.270 e. The fourth-order valence-electron chi connectivity index (χ4n) is 12.5. The molecule has 1 saturated heterocycles. The van der Waals surface area contributed by atoms with E-state index in [2.05, 4.69) is 16.7 Å². The van der Waals surface area contributed by atoms with E-state index in [-0.39, 0.29) is 117 Å². The number of carbonyl (C=O) groups excluding carboxylic acids is 8. The number of likely N-dealkylation sites (tertiary alicyclic amines) is 1. The molecular formula is C65H71N5O14S2. The van der Waals surface area contributed by atoms with Crippen LogP contribution in [-0.2, 0) is 77.8 Å². The first kappa shape index (κ1) is 61.2. The van der Waals surface area contributed by atoms with Gasteiger partial charge in [-0.05, 0) is 165 Å². The van der Waals surface area contributed by atoms with Crippen LogP contribution in [0.25, 0.3) is 0 Å². The van der Waals surface area contributed by atoms with Crippen LogP contribution in [0.5, 0.6) is 17.2 Å². The van der Waals surface area contributed by atoms with E-state index >= 15 is 0 Å². The van der Waals surface area contributed by atoms with Crippen molar-refractivity contribution in [3.63, 3.8) is 0 Å². The van der Waals surface area contributed by atoms with Crippen LogP contribution in [0.1, 0.15) is 131 Å². The maximum absolute atomic E-state index is 14.3. The van der Waals surface area contributed by atoms with Crippen LogP contribution in [0, 0.1) is 12.8 Å². The van der Waals surface area contributed by atoms with Gasteiger partial charge in [-0.15, -0.1) is 0 Å². The summed E-state index contributed by atoms with van der Waals surface area (Å²) in [5, 5.41) is 3.99. The number of hydrogen-bond donors (Lipinski definition) is 3. The van der Waals surface area contributed by atoms with Crippen molar-refractivity contribution in [3.8, 4) is 17.2 Å². The van der Waals surface area contributed by atoms with Gasteiger partial charge in [-0.2, -0.15) is 20.2 Å². The summed E-state index contributed by atoms with van der Waals surface area (Å²) >= 11 is 1.34. The Kier molecular flexibility index (Phi) is 18.5. The molecule has 6 atom stereocenters. The van der Waals surface area contributed by atoms with Crippen LogP contribution in [0.4, 0.5) is 17.1 Å². The molecule has 0 spiro atoms. The Bertz CT molecular complexity index is 3660. The Balaban J connectivity index is 0.808. The molecular weight excluding hydrogens is 1140 g/mol. The van der Waals surface area contributed by atoms with Crippen molar-refractivity contribution in [3.05, 3.63) is 141 Å². The molecule has 6 unspecified atom stereocenters. The number of Topliss-reactive ketones (excluding diaryl/α,β-unsaturated/α-hetero) is 2. The summed E-state index contributed by atoms with van der Waals surface area (Å²) in [6.07, 6.45) is 5.82. The summed E-state index contributed by atoms with van der Waals surface area (Å²) < 4.78 is 55.5. The minimum absolute atomic E-state index is 0.0152. The Morgan fingerprint density at radius 1 is 0.721 bits per heavy atom. The standard InChI is InChI=1S/C65H71N5O14S2/c1-37-23-49-45(32-59(86(79,80)81)53-29-44-14-7-10-18-52(44)70(53)64(49)77)31-55(37)83-35-40-25-41(36-84-57-30-42-20-21-47-28-43-13-6-9-17-51(43)69(47)63(76)50(42)33-56(57)82-4)27-46(26-40)67-62(75)38(2)24-54(72)39(3)66-60(73)19-11-8-15-48(71)16-12-22-68-61(74)34-58(85-5)65(68)78/h6-7,9-10,13-14,17-18,23,25-27,30-31,33,38-39,47,53,58-59H,8,11-12,15-16,19-22,24,28-29,32,34-36H2,1-5H3,(H,66,73)(H,67,75)(H,79,80,81). The predicted molar refractivity (Wildman–Crippen MR) is 324 cm³/mol. The number of nitrogens with zero attached hydrogens (tertiary/aromatic N) is 3. The maximum atomic E-state index is 14.3. The summed E-state index contributed by atoms with van der Waals surface area (Å²) in [7, 11) is -3.13. The molecule has 1 fully saturated rings. The minimum Gasteiger partial charge on any atom is -0.493 e. The first-order valence-electron chi connectivity index (χ1n) is 29.2. The number of fused-ring (bicyclic) bond motifs is 8. The molecule has 0 saturated carbocycles. The second-order valence-electron chi connectivity index (χ2n) is 23.1. The van der Waals surface area contributed by atoms with Crippen molar-refractivity contribution in [2.24, 2.45) is 5.92 Å². The molecule has 5 aliphatic rings. The highest BCUT2D eigenvalue weighted by Gasteiger charge is 2.47. The molecule has 5 aromatic rings. The summed E-state index contributed by atoms with van der Waals surface area (Å²) in [6.45, 7) is 5.06. The number of nitrogens with one attached hydrogen (secondary N) is 2. The zero-order valence-electron chi connectivity index (χ0n) is 48.9. The van der Waals surface area contributed by atoms with Crippen LogP contribution >= 0.6 is 11.8 Å². The van der Waals surface area contributed by atoms with E-state index in [1.54, 1.807) is 69.5 Å². The SMILES string of the molecule is COc1cc2c(cc1OCc1cc(COc3cc4c(cc3C)C(=O)N3c5ccccc5CC3C(S(=O)(=O)O)C4)cc(NC(=O)C(C)CC(=O)C(C)NC(=O)CCCCC(=O)CCCN3C(=O)CC(SC)C3=O)c1)CCC1Cc3ccccc3N1C2=O. The number of unbranched alkanes of at least 4 members (excludes halogenated alkanes) is 1. The first-order chi connectivity index (χ1) is 41.2. The highest BCUT2D eigenvalue weighted by Crippen LogP contribution is 2.43. The Morgan fingerprint density at radius 2 is 1.35 bits per heavy atom. The number of para-hydroxylation sites is 2. The van der Waals surface area contributed by atoms with Crippen molar-refractivity contribution < 1.29 is 65.5 Å². The number of rotatable bonds is 24. The molecule has 0 aromatic heterocycles. The second kappa shape index (κ2) is 26.0. The molecule has 21 heteroatoms. The Hall–Kier alpha value is -7.88.